The molecule has 3 aromatic heterocycles. The summed E-state index contributed by atoms with van der Waals surface area (Å²) in [6.45, 7) is 9.97. The van der Waals surface area contributed by atoms with Gasteiger partial charge in [0.05, 0.1) is 24.2 Å². The summed E-state index contributed by atoms with van der Waals surface area (Å²) >= 11 is 0. The zero-order chi connectivity index (χ0) is 27.6. The van der Waals surface area contributed by atoms with E-state index >= 15 is 0 Å². The molecule has 0 bridgehead atoms. The van der Waals surface area contributed by atoms with E-state index in [9.17, 15) is 18.0 Å². The van der Waals surface area contributed by atoms with Crippen LogP contribution in [-0.2, 0) is 4.79 Å². The molecular weight excluding hydrogens is 509 g/mol. The van der Waals surface area contributed by atoms with Crippen molar-refractivity contribution < 1.29 is 32.6 Å². The van der Waals surface area contributed by atoms with E-state index in [0.29, 0.717) is 30.2 Å². The second-order valence-corrected chi connectivity index (χ2v) is 8.99. The van der Waals surface area contributed by atoms with Gasteiger partial charge in [-0.05, 0) is 32.6 Å². The number of anilines is 2. The maximum Gasteiger partial charge on any atom is 0.490 e. The van der Waals surface area contributed by atoms with Gasteiger partial charge in [0.15, 0.2) is 5.65 Å². The number of fused-ring (bicyclic) bond motifs is 2. The molecule has 0 spiro atoms. The van der Waals surface area contributed by atoms with Crippen LogP contribution in [0.1, 0.15) is 28.7 Å². The molecule has 38 heavy (non-hydrogen) atoms. The molecule has 0 saturated carbocycles. The monoisotopic (exact) mass is 536 g/mol. The van der Waals surface area contributed by atoms with Crippen LogP contribution in [0.25, 0.3) is 5.65 Å². The molecule has 2 saturated heterocycles. The highest BCUT2D eigenvalue weighted by atomic mass is 19.4. The van der Waals surface area contributed by atoms with E-state index in [1.807, 2.05) is 31.4 Å². The Balaban J connectivity index is 0.000000426. The molecule has 15 heteroatoms. The number of ether oxygens (including phenoxy) is 1. The Morgan fingerprint density at radius 3 is 2.42 bits per heavy atom. The highest BCUT2D eigenvalue weighted by molar-refractivity contribution is 6.05. The minimum Gasteiger partial charge on any atom is -0.477 e. The summed E-state index contributed by atoms with van der Waals surface area (Å²) < 4.78 is 39.3. The van der Waals surface area contributed by atoms with E-state index in [2.05, 4.69) is 35.5 Å². The molecule has 12 nitrogen and oxygen atoms in total. The third kappa shape index (κ3) is 5.93. The Kier molecular flexibility index (Phi) is 7.66. The summed E-state index contributed by atoms with van der Waals surface area (Å²) in [5.74, 6) is -0.543. The number of amides is 1. The number of carboxylic acids is 1. The molecule has 3 aromatic rings. The zero-order valence-corrected chi connectivity index (χ0v) is 20.9. The highest BCUT2D eigenvalue weighted by Gasteiger charge is 2.38. The van der Waals surface area contributed by atoms with Crippen molar-refractivity contribution in [3.8, 4) is 5.88 Å². The summed E-state index contributed by atoms with van der Waals surface area (Å²) in [6.07, 6.45) is 0.0960. The molecule has 204 valence electrons. The third-order valence-electron chi connectivity index (χ3n) is 6.15. The Bertz CT molecular complexity index is 1330. The number of nitrogens with one attached hydrogen (secondary N) is 2. The Labute approximate surface area is 215 Å². The van der Waals surface area contributed by atoms with Gasteiger partial charge in [-0.25, -0.2) is 19.7 Å². The van der Waals surface area contributed by atoms with Crippen molar-refractivity contribution in [2.75, 3.05) is 43.0 Å². The fourth-order valence-corrected chi connectivity index (χ4v) is 4.45. The summed E-state index contributed by atoms with van der Waals surface area (Å²) in [7, 11) is 0. The molecule has 0 aliphatic carbocycles. The minimum atomic E-state index is -5.08. The van der Waals surface area contributed by atoms with Gasteiger partial charge in [-0.2, -0.15) is 18.2 Å². The quantitative estimate of drug-likeness (QED) is 0.443. The fraction of sp³-hybridized carbons (Fsp3) is 0.478. The average Bonchev–Trinajstić information content (AvgIpc) is 3.53. The number of hydrogen-bond acceptors (Lipinski definition) is 9. The molecule has 1 amide bonds. The van der Waals surface area contributed by atoms with Crippen LogP contribution in [0.3, 0.4) is 0 Å². The molecule has 0 radical (unpaired) electrons. The summed E-state index contributed by atoms with van der Waals surface area (Å²) in [6, 6.07) is 0. The van der Waals surface area contributed by atoms with Gasteiger partial charge in [-0.1, -0.05) is 0 Å². The van der Waals surface area contributed by atoms with Crippen molar-refractivity contribution in [2.24, 2.45) is 11.8 Å². The number of halogens is 3. The van der Waals surface area contributed by atoms with Gasteiger partial charge in [0.2, 0.25) is 11.8 Å². The van der Waals surface area contributed by atoms with Crippen molar-refractivity contribution in [3.63, 3.8) is 0 Å². The van der Waals surface area contributed by atoms with E-state index in [1.54, 1.807) is 12.4 Å². The largest absolute Gasteiger partial charge is 0.490 e. The molecule has 2 atom stereocenters. The van der Waals surface area contributed by atoms with Crippen LogP contribution in [0.4, 0.5) is 24.9 Å². The lowest BCUT2D eigenvalue weighted by atomic mass is 10.0. The number of imidazole rings is 1. The minimum absolute atomic E-state index is 0.285. The van der Waals surface area contributed by atoms with Gasteiger partial charge in [0, 0.05) is 38.6 Å². The first kappa shape index (κ1) is 27.0. The van der Waals surface area contributed by atoms with E-state index in [-0.39, 0.29) is 17.4 Å². The lowest BCUT2D eigenvalue weighted by Crippen LogP contribution is -2.27. The predicted molar refractivity (Wildman–Crippen MR) is 129 cm³/mol. The van der Waals surface area contributed by atoms with Crippen molar-refractivity contribution in [1.29, 1.82) is 0 Å². The molecule has 2 aliphatic heterocycles. The first-order chi connectivity index (χ1) is 18.0. The van der Waals surface area contributed by atoms with Crippen LogP contribution in [0.5, 0.6) is 5.88 Å². The predicted octanol–water partition coefficient (Wildman–Crippen LogP) is 2.08. The van der Waals surface area contributed by atoms with Crippen molar-refractivity contribution in [1.82, 2.24) is 29.7 Å². The van der Waals surface area contributed by atoms with Crippen molar-refractivity contribution >= 4 is 29.3 Å². The smallest absolute Gasteiger partial charge is 0.477 e. The number of alkyl halides is 3. The number of aromatic nitrogens is 5. The number of carbonyl (C=O) groups is 2. The lowest BCUT2D eigenvalue weighted by Gasteiger charge is -2.19. The average molecular weight is 537 g/mol. The number of carbonyl (C=O) groups excluding carboxylic acids is 1. The van der Waals surface area contributed by atoms with Gasteiger partial charge in [0.25, 0.3) is 5.91 Å². The number of rotatable bonds is 5. The van der Waals surface area contributed by atoms with E-state index in [4.69, 9.17) is 14.6 Å². The molecular formula is C23H27F3N8O4. The van der Waals surface area contributed by atoms with Gasteiger partial charge >= 0.3 is 12.1 Å². The standard InChI is InChI=1S/C21H26N8O2.C2HF3O2/c1-4-31-20-16(7-23-21(27-20)29-9-14-5-22-6-15(14)10-29)19(30)26-17-11-28-8-12(2)24-18(28)13(3)25-17;3-2(4,5)1(6)7/h7-8,11,14-15,22H,4-6,9-10H2,1-3H3,(H,26,30);(H,6,7). The number of carboxylic acid groups (broad SMARTS) is 1. The van der Waals surface area contributed by atoms with E-state index in [1.165, 1.54) is 0 Å². The molecule has 2 aliphatic rings. The first-order valence-electron chi connectivity index (χ1n) is 11.9. The second-order valence-electron chi connectivity index (χ2n) is 8.99. The molecule has 5 rings (SSSR count). The molecule has 2 unspecified atom stereocenters. The zero-order valence-electron chi connectivity index (χ0n) is 20.9. The van der Waals surface area contributed by atoms with Crippen molar-refractivity contribution in [2.45, 2.75) is 26.9 Å². The first-order valence-corrected chi connectivity index (χ1v) is 11.9. The molecule has 5 heterocycles. The number of nitrogens with zero attached hydrogens (tertiary/aromatic N) is 6. The van der Waals surface area contributed by atoms with Crippen LogP contribution in [-0.4, -0.2) is 80.3 Å². The highest BCUT2D eigenvalue weighted by Crippen LogP contribution is 2.30. The maximum absolute atomic E-state index is 13.0. The van der Waals surface area contributed by atoms with Crippen LogP contribution in [0, 0.1) is 25.7 Å². The molecule has 2 fully saturated rings. The van der Waals surface area contributed by atoms with Gasteiger partial charge in [-0.15, -0.1) is 0 Å². The van der Waals surface area contributed by atoms with E-state index < -0.39 is 12.1 Å². The van der Waals surface area contributed by atoms with Crippen LogP contribution >= 0.6 is 0 Å². The van der Waals surface area contributed by atoms with Gasteiger partial charge in [-0.3, -0.25) is 4.79 Å². The topological polar surface area (TPSA) is 147 Å². The van der Waals surface area contributed by atoms with Crippen LogP contribution in [0.2, 0.25) is 0 Å². The second kappa shape index (κ2) is 10.8. The number of hydrogen-bond donors (Lipinski definition) is 3. The van der Waals surface area contributed by atoms with Crippen LogP contribution < -0.4 is 20.3 Å². The molecule has 0 aromatic carbocycles. The molecule has 3 N–H and O–H groups in total. The third-order valence-corrected chi connectivity index (χ3v) is 6.15. The lowest BCUT2D eigenvalue weighted by molar-refractivity contribution is -0.192. The Hall–Kier alpha value is -4.01. The maximum atomic E-state index is 13.0. The normalized spacial score (nSPS) is 18.6. The SMILES string of the molecule is CCOc1nc(N2CC3CNCC3C2)ncc1C(=O)Nc1cn2cc(C)nc2c(C)n1.O=C(O)C(F)(F)F. The Morgan fingerprint density at radius 2 is 1.82 bits per heavy atom. The van der Waals surface area contributed by atoms with Crippen molar-refractivity contribution in [3.05, 3.63) is 35.5 Å². The summed E-state index contributed by atoms with van der Waals surface area (Å²) in [5.41, 5.74) is 2.67. The van der Waals surface area contributed by atoms with Crippen LogP contribution in [0.15, 0.2) is 18.6 Å². The van der Waals surface area contributed by atoms with E-state index in [0.717, 1.165) is 43.2 Å². The fourth-order valence-electron chi connectivity index (χ4n) is 4.45. The summed E-state index contributed by atoms with van der Waals surface area (Å²) in [5, 5.41) is 13.4. The number of aryl methyl sites for hydroxylation is 2. The number of aliphatic carboxylic acids is 1. The van der Waals surface area contributed by atoms with Gasteiger partial charge < -0.3 is 29.8 Å². The summed E-state index contributed by atoms with van der Waals surface area (Å²) in [4.78, 5) is 42.0. The van der Waals surface area contributed by atoms with Gasteiger partial charge in [0.1, 0.15) is 11.4 Å². The Morgan fingerprint density at radius 1 is 1.16 bits per heavy atom.